The maximum Gasteiger partial charge on any atom is 0.433 e. The molecule has 0 bridgehead atoms. The van der Waals surface area contributed by atoms with Crippen molar-refractivity contribution in [1.82, 2.24) is 24.9 Å². The highest BCUT2D eigenvalue weighted by molar-refractivity contribution is 5.62. The van der Waals surface area contributed by atoms with Gasteiger partial charge in [0.1, 0.15) is 11.4 Å². The van der Waals surface area contributed by atoms with Crippen LogP contribution in [0.5, 0.6) is 0 Å². The third-order valence-corrected chi connectivity index (χ3v) is 3.82. The number of nitrogens with zero attached hydrogens (tertiary/aromatic N) is 4. The lowest BCUT2D eigenvalue weighted by Crippen LogP contribution is -2.27. The van der Waals surface area contributed by atoms with Gasteiger partial charge in [-0.1, -0.05) is 0 Å². The molecule has 0 aromatic carbocycles. The molecule has 8 heteroatoms. The first-order chi connectivity index (χ1) is 9.79. The van der Waals surface area contributed by atoms with Crippen molar-refractivity contribution in [3.05, 3.63) is 23.0 Å². The molecule has 0 amide bonds. The fourth-order valence-corrected chi connectivity index (χ4v) is 2.86. The third-order valence-electron chi connectivity index (χ3n) is 3.82. The molecular formula is C13H16F3N5. The summed E-state index contributed by atoms with van der Waals surface area (Å²) in [6, 6.07) is 1.18. The molecule has 21 heavy (non-hydrogen) atoms. The number of aromatic nitrogens is 4. The number of halogens is 3. The second-order valence-corrected chi connectivity index (χ2v) is 5.30. The lowest BCUT2D eigenvalue weighted by Gasteiger charge is -2.19. The molecule has 1 unspecified atom stereocenters. The van der Waals surface area contributed by atoms with Crippen LogP contribution in [-0.2, 0) is 26.7 Å². The van der Waals surface area contributed by atoms with Gasteiger partial charge in [-0.05, 0) is 26.0 Å². The fraction of sp³-hybridized carbons (Fsp3) is 0.538. The molecule has 0 aliphatic carbocycles. The molecule has 0 spiro atoms. The summed E-state index contributed by atoms with van der Waals surface area (Å²) >= 11 is 0. The molecule has 1 aliphatic heterocycles. The summed E-state index contributed by atoms with van der Waals surface area (Å²) in [5.41, 5.74) is 2.10. The number of hydrogen-bond acceptors (Lipinski definition) is 3. The van der Waals surface area contributed by atoms with Crippen molar-refractivity contribution in [1.29, 1.82) is 0 Å². The topological polar surface area (TPSA) is 47.7 Å². The molecule has 1 atom stereocenters. The summed E-state index contributed by atoms with van der Waals surface area (Å²) in [5.74, 6) is 0. The normalized spacial score (nSPS) is 18.9. The molecule has 0 radical (unpaired) electrons. The number of rotatable bonds is 1. The Balaban J connectivity index is 2.14. The maximum absolute atomic E-state index is 12.9. The lowest BCUT2D eigenvalue weighted by molar-refractivity contribution is -0.143. The summed E-state index contributed by atoms with van der Waals surface area (Å²) in [6.45, 7) is 2.78. The highest BCUT2D eigenvalue weighted by Crippen LogP contribution is 2.35. The van der Waals surface area contributed by atoms with Gasteiger partial charge >= 0.3 is 6.18 Å². The first kappa shape index (κ1) is 14.1. The Morgan fingerprint density at radius 2 is 1.95 bits per heavy atom. The van der Waals surface area contributed by atoms with Crippen LogP contribution in [0.25, 0.3) is 11.4 Å². The number of fused-ring (bicyclic) bond motifs is 1. The first-order valence-electron chi connectivity index (χ1n) is 6.69. The molecule has 3 heterocycles. The van der Waals surface area contributed by atoms with Gasteiger partial charge in [-0.3, -0.25) is 9.36 Å². The average molecular weight is 299 g/mol. The van der Waals surface area contributed by atoms with Crippen LogP contribution in [0.1, 0.15) is 29.9 Å². The number of nitrogens with one attached hydrogen (secondary N) is 1. The van der Waals surface area contributed by atoms with E-state index in [2.05, 4.69) is 15.5 Å². The Kier molecular flexibility index (Phi) is 3.09. The highest BCUT2D eigenvalue weighted by Gasteiger charge is 2.36. The minimum Gasteiger partial charge on any atom is -0.308 e. The zero-order valence-corrected chi connectivity index (χ0v) is 12.0. The van der Waals surface area contributed by atoms with Gasteiger partial charge in [0.25, 0.3) is 0 Å². The zero-order valence-electron chi connectivity index (χ0n) is 12.0. The predicted octanol–water partition coefficient (Wildman–Crippen LogP) is 2.05. The van der Waals surface area contributed by atoms with Crippen molar-refractivity contribution in [2.45, 2.75) is 25.6 Å². The summed E-state index contributed by atoms with van der Waals surface area (Å²) < 4.78 is 41.2. The third kappa shape index (κ3) is 2.23. The summed E-state index contributed by atoms with van der Waals surface area (Å²) in [6.07, 6.45) is -3.67. The van der Waals surface area contributed by atoms with Crippen LogP contribution in [0.4, 0.5) is 13.2 Å². The lowest BCUT2D eigenvalue weighted by atomic mass is 9.99. The summed E-state index contributed by atoms with van der Waals surface area (Å²) in [4.78, 5) is 0. The maximum atomic E-state index is 12.9. The van der Waals surface area contributed by atoms with E-state index >= 15 is 0 Å². The van der Waals surface area contributed by atoms with Crippen LogP contribution in [0.2, 0.25) is 0 Å². The Morgan fingerprint density at radius 3 is 2.57 bits per heavy atom. The van der Waals surface area contributed by atoms with Gasteiger partial charge in [0.15, 0.2) is 0 Å². The summed E-state index contributed by atoms with van der Waals surface area (Å²) in [5, 5.41) is 11.8. The quantitative estimate of drug-likeness (QED) is 0.876. The van der Waals surface area contributed by atoms with Crippen molar-refractivity contribution in [2.75, 3.05) is 6.54 Å². The van der Waals surface area contributed by atoms with Crippen LogP contribution in [0.3, 0.4) is 0 Å². The Bertz CT molecular complexity index is 683. The van der Waals surface area contributed by atoms with Gasteiger partial charge in [0.05, 0.1) is 11.4 Å². The second kappa shape index (κ2) is 4.59. The van der Waals surface area contributed by atoms with E-state index in [9.17, 15) is 13.2 Å². The van der Waals surface area contributed by atoms with Crippen molar-refractivity contribution in [3.8, 4) is 11.4 Å². The average Bonchev–Trinajstić information content (AvgIpc) is 2.89. The number of aryl methyl sites for hydroxylation is 2. The molecule has 2 aromatic rings. The van der Waals surface area contributed by atoms with E-state index in [1.807, 2.05) is 6.92 Å². The van der Waals surface area contributed by atoms with Crippen LogP contribution in [0, 0.1) is 0 Å². The Hall–Kier alpha value is -1.83. The monoisotopic (exact) mass is 299 g/mol. The Labute approximate surface area is 119 Å². The molecule has 1 aliphatic rings. The molecule has 0 saturated carbocycles. The number of hydrogen-bond donors (Lipinski definition) is 1. The van der Waals surface area contributed by atoms with E-state index in [4.69, 9.17) is 0 Å². The molecule has 3 rings (SSSR count). The van der Waals surface area contributed by atoms with Crippen molar-refractivity contribution >= 4 is 0 Å². The minimum atomic E-state index is -4.41. The molecular weight excluding hydrogens is 283 g/mol. The standard InChI is InChI=1S/C13H16F3N5/c1-7-11-8(4-5-17-7)12(21(3)19-11)9-6-10(13(14,15)16)20(2)18-9/h6-7,17H,4-5H2,1-3H3. The van der Waals surface area contributed by atoms with E-state index in [1.54, 1.807) is 11.7 Å². The molecule has 0 saturated heterocycles. The van der Waals surface area contributed by atoms with Gasteiger partial charge in [-0.2, -0.15) is 23.4 Å². The first-order valence-corrected chi connectivity index (χ1v) is 6.69. The van der Waals surface area contributed by atoms with Gasteiger partial charge < -0.3 is 5.32 Å². The fourth-order valence-electron chi connectivity index (χ4n) is 2.86. The van der Waals surface area contributed by atoms with Crippen molar-refractivity contribution < 1.29 is 13.2 Å². The van der Waals surface area contributed by atoms with E-state index in [0.29, 0.717) is 11.4 Å². The Morgan fingerprint density at radius 1 is 1.24 bits per heavy atom. The van der Waals surface area contributed by atoms with E-state index in [1.165, 1.54) is 7.05 Å². The van der Waals surface area contributed by atoms with Gasteiger partial charge in [0, 0.05) is 25.7 Å². The minimum absolute atomic E-state index is 0.0968. The molecule has 0 fully saturated rings. The van der Waals surface area contributed by atoms with Crippen LogP contribution < -0.4 is 5.32 Å². The van der Waals surface area contributed by atoms with Crippen LogP contribution in [-0.4, -0.2) is 26.1 Å². The van der Waals surface area contributed by atoms with Crippen molar-refractivity contribution in [2.24, 2.45) is 14.1 Å². The smallest absolute Gasteiger partial charge is 0.308 e. The summed E-state index contributed by atoms with van der Waals surface area (Å²) in [7, 11) is 3.04. The number of alkyl halides is 3. The molecule has 114 valence electrons. The largest absolute Gasteiger partial charge is 0.433 e. The van der Waals surface area contributed by atoms with Crippen molar-refractivity contribution in [3.63, 3.8) is 0 Å². The van der Waals surface area contributed by atoms with E-state index in [-0.39, 0.29) is 6.04 Å². The van der Waals surface area contributed by atoms with Crippen LogP contribution in [0.15, 0.2) is 6.07 Å². The SMILES string of the molecule is CC1NCCc2c1nn(C)c2-c1cc(C(F)(F)F)n(C)n1. The van der Waals surface area contributed by atoms with Gasteiger partial charge in [-0.25, -0.2) is 0 Å². The van der Waals surface area contributed by atoms with Crippen LogP contribution >= 0.6 is 0 Å². The van der Waals surface area contributed by atoms with Gasteiger partial charge in [-0.15, -0.1) is 0 Å². The van der Waals surface area contributed by atoms with E-state index in [0.717, 1.165) is 35.0 Å². The second-order valence-electron chi connectivity index (χ2n) is 5.30. The predicted molar refractivity (Wildman–Crippen MR) is 70.5 cm³/mol. The van der Waals surface area contributed by atoms with E-state index < -0.39 is 11.9 Å². The highest BCUT2D eigenvalue weighted by atomic mass is 19.4. The molecule has 5 nitrogen and oxygen atoms in total. The van der Waals surface area contributed by atoms with Gasteiger partial charge in [0.2, 0.25) is 0 Å². The zero-order chi connectivity index (χ0) is 15.4. The molecule has 1 N–H and O–H groups in total. The molecule has 2 aromatic heterocycles.